The van der Waals surface area contributed by atoms with Crippen molar-refractivity contribution in [3.05, 3.63) is 72.1 Å². The number of imide groups is 1. The summed E-state index contributed by atoms with van der Waals surface area (Å²) in [6, 6.07) is 14.8. The van der Waals surface area contributed by atoms with Gasteiger partial charge in [0.1, 0.15) is 0 Å². The van der Waals surface area contributed by atoms with Crippen LogP contribution in [-0.4, -0.2) is 27.6 Å². The third kappa shape index (κ3) is 2.77. The number of H-pyrrole nitrogens is 2. The summed E-state index contributed by atoms with van der Waals surface area (Å²) in [5, 5.41) is 3.75. The molecule has 2 amide bonds. The number of rotatable bonds is 4. The Hall–Kier alpha value is -3.67. The van der Waals surface area contributed by atoms with E-state index in [4.69, 9.17) is 0 Å². The van der Waals surface area contributed by atoms with Crippen molar-refractivity contribution >= 4 is 39.4 Å². The summed E-state index contributed by atoms with van der Waals surface area (Å²) < 4.78 is 0. The van der Waals surface area contributed by atoms with Gasteiger partial charge in [0.15, 0.2) is 0 Å². The molecular formula is C20H15N3O3. The second kappa shape index (κ2) is 6.33. The molecule has 0 unspecified atom stereocenters. The molecule has 6 heteroatoms. The van der Waals surface area contributed by atoms with Crippen LogP contribution in [0.2, 0.25) is 0 Å². The van der Waals surface area contributed by atoms with Gasteiger partial charge < -0.3 is 9.97 Å². The van der Waals surface area contributed by atoms with Crippen molar-refractivity contribution in [2.24, 2.45) is 0 Å². The van der Waals surface area contributed by atoms with Crippen molar-refractivity contribution < 1.29 is 14.4 Å². The third-order valence-corrected chi connectivity index (χ3v) is 4.32. The molecule has 26 heavy (non-hydrogen) atoms. The van der Waals surface area contributed by atoms with Crippen LogP contribution < -0.4 is 5.32 Å². The first-order valence-electron chi connectivity index (χ1n) is 8.13. The molecule has 2 aromatic carbocycles. The van der Waals surface area contributed by atoms with Crippen LogP contribution >= 0.6 is 0 Å². The quantitative estimate of drug-likeness (QED) is 0.392. The van der Waals surface area contributed by atoms with Gasteiger partial charge in [0.05, 0.1) is 12.0 Å². The molecule has 0 aliphatic carbocycles. The van der Waals surface area contributed by atoms with E-state index in [1.165, 1.54) is 6.20 Å². The normalized spacial score (nSPS) is 10.9. The molecule has 2 heterocycles. The average Bonchev–Trinajstić information content (AvgIpc) is 3.25. The van der Waals surface area contributed by atoms with Crippen LogP contribution in [0, 0.1) is 0 Å². The average molecular weight is 345 g/mol. The standard InChI is InChI=1S/C20H15N3O3/c24-18(9-12-10-21-16-7-3-1-5-13(12)16)23-20(26)19(25)15-11-22-17-8-4-2-6-14(15)17/h1-8,10-11,21-22H,9H2,(H,23,24,26). The smallest absolute Gasteiger partial charge is 0.299 e. The molecule has 4 rings (SSSR count). The molecule has 0 saturated carbocycles. The molecule has 0 bridgehead atoms. The van der Waals surface area contributed by atoms with Crippen molar-refractivity contribution in [1.29, 1.82) is 0 Å². The van der Waals surface area contributed by atoms with Crippen LogP contribution in [0.1, 0.15) is 15.9 Å². The van der Waals surface area contributed by atoms with E-state index in [0.717, 1.165) is 22.0 Å². The van der Waals surface area contributed by atoms with Crippen molar-refractivity contribution in [3.63, 3.8) is 0 Å². The summed E-state index contributed by atoms with van der Waals surface area (Å²) in [5.41, 5.74) is 2.69. The van der Waals surface area contributed by atoms with E-state index in [-0.39, 0.29) is 12.0 Å². The molecule has 0 atom stereocenters. The minimum Gasteiger partial charge on any atom is -0.361 e. The lowest BCUT2D eigenvalue weighted by molar-refractivity contribution is -0.127. The number of carbonyl (C=O) groups excluding carboxylic acids is 3. The van der Waals surface area contributed by atoms with Crippen molar-refractivity contribution in [2.45, 2.75) is 6.42 Å². The fraction of sp³-hybridized carbons (Fsp3) is 0.0500. The van der Waals surface area contributed by atoms with Gasteiger partial charge in [-0.15, -0.1) is 0 Å². The van der Waals surface area contributed by atoms with E-state index in [1.807, 2.05) is 36.4 Å². The highest BCUT2D eigenvalue weighted by Gasteiger charge is 2.22. The number of aromatic amines is 2. The van der Waals surface area contributed by atoms with Gasteiger partial charge >= 0.3 is 0 Å². The lowest BCUT2D eigenvalue weighted by atomic mass is 10.1. The zero-order chi connectivity index (χ0) is 18.1. The molecule has 2 aromatic heterocycles. The Kier molecular flexibility index (Phi) is 3.85. The van der Waals surface area contributed by atoms with E-state index in [0.29, 0.717) is 5.39 Å². The molecule has 0 aliphatic rings. The minimum atomic E-state index is -0.931. The minimum absolute atomic E-state index is 0.0108. The van der Waals surface area contributed by atoms with E-state index >= 15 is 0 Å². The Morgan fingerprint density at radius 2 is 1.42 bits per heavy atom. The number of ketones is 1. The van der Waals surface area contributed by atoms with E-state index in [1.54, 1.807) is 18.3 Å². The van der Waals surface area contributed by atoms with E-state index in [9.17, 15) is 14.4 Å². The lowest BCUT2D eigenvalue weighted by Crippen LogP contribution is -2.36. The van der Waals surface area contributed by atoms with Crippen LogP contribution in [0.3, 0.4) is 0 Å². The van der Waals surface area contributed by atoms with Crippen molar-refractivity contribution in [3.8, 4) is 0 Å². The topological polar surface area (TPSA) is 94.8 Å². The summed E-state index contributed by atoms with van der Waals surface area (Å²) >= 11 is 0. The van der Waals surface area contributed by atoms with Gasteiger partial charge in [-0.3, -0.25) is 19.7 Å². The number of para-hydroxylation sites is 2. The lowest BCUT2D eigenvalue weighted by Gasteiger charge is -2.03. The number of fused-ring (bicyclic) bond motifs is 2. The monoisotopic (exact) mass is 345 g/mol. The Balaban J connectivity index is 1.49. The first-order valence-corrected chi connectivity index (χ1v) is 8.13. The van der Waals surface area contributed by atoms with Crippen LogP contribution in [0.5, 0.6) is 0 Å². The highest BCUT2D eigenvalue weighted by Crippen LogP contribution is 2.19. The van der Waals surface area contributed by atoms with Gasteiger partial charge in [0.25, 0.3) is 11.7 Å². The number of Topliss-reactive ketones (excluding diaryl/α,β-unsaturated/α-hetero) is 1. The Bertz CT molecular complexity index is 1150. The van der Waals surface area contributed by atoms with Crippen molar-refractivity contribution in [2.75, 3.05) is 0 Å². The maximum atomic E-state index is 12.4. The predicted octanol–water partition coefficient (Wildman–Crippen LogP) is 2.72. The summed E-state index contributed by atoms with van der Waals surface area (Å²) in [4.78, 5) is 42.8. The van der Waals surface area contributed by atoms with Gasteiger partial charge in [0.2, 0.25) is 5.91 Å². The largest absolute Gasteiger partial charge is 0.361 e. The molecule has 0 saturated heterocycles. The van der Waals surface area contributed by atoms with Gasteiger partial charge in [-0.1, -0.05) is 36.4 Å². The number of hydrogen-bond acceptors (Lipinski definition) is 3. The molecule has 0 aliphatic heterocycles. The predicted molar refractivity (Wildman–Crippen MR) is 97.8 cm³/mol. The van der Waals surface area contributed by atoms with Gasteiger partial charge in [-0.05, 0) is 17.7 Å². The number of amides is 2. The van der Waals surface area contributed by atoms with Crippen LogP contribution in [0.25, 0.3) is 21.8 Å². The molecule has 0 spiro atoms. The zero-order valence-corrected chi connectivity index (χ0v) is 13.7. The maximum absolute atomic E-state index is 12.4. The van der Waals surface area contributed by atoms with Gasteiger partial charge in [-0.25, -0.2) is 0 Å². The second-order valence-electron chi connectivity index (χ2n) is 5.99. The van der Waals surface area contributed by atoms with E-state index in [2.05, 4.69) is 15.3 Å². The number of carbonyl (C=O) groups is 3. The first-order chi connectivity index (χ1) is 12.6. The van der Waals surface area contributed by atoms with Crippen LogP contribution in [0.4, 0.5) is 0 Å². The molecular weight excluding hydrogens is 330 g/mol. The third-order valence-electron chi connectivity index (χ3n) is 4.32. The van der Waals surface area contributed by atoms with Crippen molar-refractivity contribution in [1.82, 2.24) is 15.3 Å². The SMILES string of the molecule is O=C(Cc1c[nH]c2ccccc12)NC(=O)C(=O)c1c[nH]c2ccccc12. The Morgan fingerprint density at radius 3 is 2.19 bits per heavy atom. The number of aromatic nitrogens is 2. The highest BCUT2D eigenvalue weighted by molar-refractivity contribution is 6.46. The molecule has 0 radical (unpaired) electrons. The Morgan fingerprint density at radius 1 is 0.808 bits per heavy atom. The number of benzene rings is 2. The molecule has 3 N–H and O–H groups in total. The van der Waals surface area contributed by atoms with E-state index < -0.39 is 17.6 Å². The summed E-state index contributed by atoms with van der Waals surface area (Å²) in [6.07, 6.45) is 3.23. The molecule has 0 fully saturated rings. The van der Waals surface area contributed by atoms with Gasteiger partial charge in [0, 0.05) is 34.2 Å². The Labute approximate surface area is 148 Å². The maximum Gasteiger partial charge on any atom is 0.299 e. The fourth-order valence-electron chi connectivity index (χ4n) is 3.06. The molecule has 6 nitrogen and oxygen atoms in total. The zero-order valence-electron chi connectivity index (χ0n) is 13.7. The summed E-state index contributed by atoms with van der Waals surface area (Å²) in [6.45, 7) is 0. The first kappa shape index (κ1) is 15.8. The second-order valence-corrected chi connectivity index (χ2v) is 5.99. The fourth-order valence-corrected chi connectivity index (χ4v) is 3.06. The summed E-state index contributed by atoms with van der Waals surface area (Å²) in [5.74, 6) is -2.19. The van der Waals surface area contributed by atoms with Crippen LogP contribution in [0.15, 0.2) is 60.9 Å². The number of nitrogens with one attached hydrogen (secondary N) is 3. The molecule has 128 valence electrons. The summed E-state index contributed by atoms with van der Waals surface area (Å²) in [7, 11) is 0. The number of hydrogen-bond donors (Lipinski definition) is 3. The highest BCUT2D eigenvalue weighted by atomic mass is 16.2. The van der Waals surface area contributed by atoms with Crippen LogP contribution in [-0.2, 0) is 16.0 Å². The van der Waals surface area contributed by atoms with Gasteiger partial charge in [-0.2, -0.15) is 0 Å². The molecule has 4 aromatic rings.